The van der Waals surface area contributed by atoms with Gasteiger partial charge in [0.1, 0.15) is 17.0 Å². The number of carbonyl (C=O) groups excluding carboxylic acids is 1. The summed E-state index contributed by atoms with van der Waals surface area (Å²) in [6.45, 7) is 3.37. The second kappa shape index (κ2) is 5.45. The molecule has 6 nitrogen and oxygen atoms in total. The summed E-state index contributed by atoms with van der Waals surface area (Å²) in [5, 5.41) is 9.45. The van der Waals surface area contributed by atoms with Gasteiger partial charge >= 0.3 is 0 Å². The highest BCUT2D eigenvalue weighted by molar-refractivity contribution is 6.39. The quantitative estimate of drug-likeness (QED) is 0.688. The van der Waals surface area contributed by atoms with Gasteiger partial charge in [-0.05, 0) is 38.3 Å². The lowest BCUT2D eigenvalue weighted by Gasteiger charge is -2.27. The molecule has 0 radical (unpaired) electrons. The minimum atomic E-state index is -0.0714. The standard InChI is InChI=1S/C16H16ClN5O/c1-10-19-20-15-12(16(23)21-8-3-2-4-9-21)13(17)11-6-5-7-18-14(11)22(10)15/h5-7H,2-4,8-9H2,1H3. The number of nitrogens with zero attached hydrogens (tertiary/aromatic N) is 5. The maximum Gasteiger partial charge on any atom is 0.259 e. The molecule has 3 aromatic heterocycles. The van der Waals surface area contributed by atoms with E-state index in [1.54, 1.807) is 10.6 Å². The Hall–Kier alpha value is -2.21. The molecule has 3 aromatic rings. The lowest BCUT2D eigenvalue weighted by Crippen LogP contribution is -2.36. The van der Waals surface area contributed by atoms with Crippen molar-refractivity contribution in [2.75, 3.05) is 13.1 Å². The smallest absolute Gasteiger partial charge is 0.259 e. The maximum absolute atomic E-state index is 13.0. The number of pyridine rings is 2. The number of aromatic nitrogens is 4. The van der Waals surface area contributed by atoms with E-state index < -0.39 is 0 Å². The molecule has 1 fully saturated rings. The van der Waals surface area contributed by atoms with Crippen LogP contribution in [0, 0.1) is 6.92 Å². The number of likely N-dealkylation sites (tertiary alicyclic amines) is 1. The van der Waals surface area contributed by atoms with Crippen molar-refractivity contribution in [2.24, 2.45) is 0 Å². The topological polar surface area (TPSA) is 63.4 Å². The summed E-state index contributed by atoms with van der Waals surface area (Å²) in [5.74, 6) is 0.617. The fraction of sp³-hybridized carbons (Fsp3) is 0.375. The van der Waals surface area contributed by atoms with E-state index in [1.165, 1.54) is 6.42 Å². The third-order valence-corrected chi connectivity index (χ3v) is 4.75. The van der Waals surface area contributed by atoms with Crippen LogP contribution in [-0.2, 0) is 0 Å². The number of carbonyl (C=O) groups is 1. The first kappa shape index (κ1) is 14.4. The molecule has 1 aliphatic heterocycles. The van der Waals surface area contributed by atoms with Crippen molar-refractivity contribution in [1.29, 1.82) is 0 Å². The van der Waals surface area contributed by atoms with Gasteiger partial charge in [0.2, 0.25) is 0 Å². The van der Waals surface area contributed by atoms with E-state index in [4.69, 9.17) is 11.6 Å². The summed E-state index contributed by atoms with van der Waals surface area (Å²) in [7, 11) is 0. The average Bonchev–Trinajstić information content (AvgIpc) is 2.97. The summed E-state index contributed by atoms with van der Waals surface area (Å²) >= 11 is 6.58. The molecule has 0 atom stereocenters. The molecule has 1 amide bonds. The number of halogens is 1. The van der Waals surface area contributed by atoms with Crippen molar-refractivity contribution in [1.82, 2.24) is 24.5 Å². The van der Waals surface area contributed by atoms with Crippen LogP contribution in [0.5, 0.6) is 0 Å². The second-order valence-corrected chi connectivity index (χ2v) is 6.20. The first-order chi connectivity index (χ1) is 11.2. The predicted molar refractivity (Wildman–Crippen MR) is 87.8 cm³/mol. The van der Waals surface area contributed by atoms with E-state index in [0.29, 0.717) is 27.7 Å². The molecule has 4 heterocycles. The van der Waals surface area contributed by atoms with E-state index in [9.17, 15) is 4.79 Å². The molecule has 4 rings (SSSR count). The van der Waals surface area contributed by atoms with Crippen molar-refractivity contribution in [2.45, 2.75) is 26.2 Å². The molecule has 7 heteroatoms. The molecule has 1 saturated heterocycles. The van der Waals surface area contributed by atoms with Gasteiger partial charge in [-0.15, -0.1) is 10.2 Å². The van der Waals surface area contributed by atoms with Crippen LogP contribution >= 0.6 is 11.6 Å². The minimum Gasteiger partial charge on any atom is -0.338 e. The van der Waals surface area contributed by atoms with Crippen LogP contribution < -0.4 is 0 Å². The normalized spacial score (nSPS) is 15.5. The third-order valence-electron chi connectivity index (χ3n) is 4.36. The van der Waals surface area contributed by atoms with E-state index in [-0.39, 0.29) is 5.91 Å². The lowest BCUT2D eigenvalue weighted by atomic mass is 10.1. The van der Waals surface area contributed by atoms with E-state index >= 15 is 0 Å². The first-order valence-electron chi connectivity index (χ1n) is 7.75. The number of rotatable bonds is 1. The lowest BCUT2D eigenvalue weighted by molar-refractivity contribution is 0.0726. The Bertz CT molecular complexity index is 914. The summed E-state index contributed by atoms with van der Waals surface area (Å²) in [5.41, 5.74) is 1.58. The zero-order valence-corrected chi connectivity index (χ0v) is 13.5. The van der Waals surface area contributed by atoms with Gasteiger partial charge in [0, 0.05) is 24.7 Å². The Kier molecular flexibility index (Phi) is 3.41. The Balaban J connectivity index is 2.01. The molecule has 0 aromatic carbocycles. The molecular weight excluding hydrogens is 314 g/mol. The van der Waals surface area contributed by atoms with Gasteiger partial charge in [0.15, 0.2) is 5.65 Å². The monoisotopic (exact) mass is 329 g/mol. The molecule has 0 N–H and O–H groups in total. The van der Waals surface area contributed by atoms with Crippen molar-refractivity contribution >= 4 is 34.2 Å². The molecule has 118 valence electrons. The highest BCUT2D eigenvalue weighted by Gasteiger charge is 2.27. The molecule has 23 heavy (non-hydrogen) atoms. The van der Waals surface area contributed by atoms with Gasteiger partial charge in [-0.1, -0.05) is 11.6 Å². The Labute approximate surface area is 138 Å². The zero-order chi connectivity index (χ0) is 16.0. The van der Waals surface area contributed by atoms with Gasteiger partial charge < -0.3 is 4.90 Å². The molecule has 0 unspecified atom stereocenters. The average molecular weight is 330 g/mol. The van der Waals surface area contributed by atoms with Gasteiger partial charge in [0.25, 0.3) is 5.91 Å². The Morgan fingerprint density at radius 2 is 1.96 bits per heavy atom. The molecule has 0 spiro atoms. The summed E-state index contributed by atoms with van der Waals surface area (Å²) in [6, 6.07) is 3.69. The van der Waals surface area contributed by atoms with Gasteiger partial charge in [0.05, 0.1) is 5.02 Å². The number of hydrogen-bond acceptors (Lipinski definition) is 4. The van der Waals surface area contributed by atoms with E-state index in [1.807, 2.05) is 24.0 Å². The number of hydrogen-bond donors (Lipinski definition) is 0. The van der Waals surface area contributed by atoms with Crippen LogP contribution in [0.4, 0.5) is 0 Å². The Morgan fingerprint density at radius 1 is 1.17 bits per heavy atom. The number of fused-ring (bicyclic) bond motifs is 3. The molecule has 0 aliphatic carbocycles. The van der Waals surface area contributed by atoms with Crippen molar-refractivity contribution in [3.8, 4) is 0 Å². The fourth-order valence-corrected chi connectivity index (χ4v) is 3.51. The van der Waals surface area contributed by atoms with Crippen LogP contribution in [0.1, 0.15) is 35.4 Å². The molecule has 1 aliphatic rings. The second-order valence-electron chi connectivity index (χ2n) is 5.82. The first-order valence-corrected chi connectivity index (χ1v) is 8.13. The van der Waals surface area contributed by atoms with Gasteiger partial charge in [-0.3, -0.25) is 9.20 Å². The number of piperidine rings is 1. The SMILES string of the molecule is Cc1nnc2c(C(=O)N3CCCCC3)c(Cl)c3cccnc3n12. The summed E-state index contributed by atoms with van der Waals surface area (Å²) < 4.78 is 1.80. The Morgan fingerprint density at radius 3 is 2.74 bits per heavy atom. The van der Waals surface area contributed by atoms with E-state index in [2.05, 4.69) is 15.2 Å². The molecular formula is C16H16ClN5O. The molecule has 0 saturated carbocycles. The summed E-state index contributed by atoms with van der Waals surface area (Å²) in [6.07, 6.45) is 4.92. The summed E-state index contributed by atoms with van der Waals surface area (Å²) in [4.78, 5) is 19.3. The largest absolute Gasteiger partial charge is 0.338 e. The van der Waals surface area contributed by atoms with Crippen LogP contribution in [0.15, 0.2) is 18.3 Å². The third kappa shape index (κ3) is 2.16. The number of aryl methyl sites for hydroxylation is 1. The highest BCUT2D eigenvalue weighted by Crippen LogP contribution is 2.31. The minimum absolute atomic E-state index is 0.0714. The van der Waals surface area contributed by atoms with Gasteiger partial charge in [-0.25, -0.2) is 4.98 Å². The van der Waals surface area contributed by atoms with Gasteiger partial charge in [-0.2, -0.15) is 0 Å². The van der Waals surface area contributed by atoms with Crippen molar-refractivity contribution in [3.05, 3.63) is 34.7 Å². The van der Waals surface area contributed by atoms with Crippen LogP contribution in [0.25, 0.3) is 16.7 Å². The fourth-order valence-electron chi connectivity index (χ4n) is 3.20. The van der Waals surface area contributed by atoms with Crippen molar-refractivity contribution in [3.63, 3.8) is 0 Å². The van der Waals surface area contributed by atoms with Crippen molar-refractivity contribution < 1.29 is 4.79 Å². The predicted octanol–water partition coefficient (Wildman–Crippen LogP) is 2.87. The zero-order valence-electron chi connectivity index (χ0n) is 12.8. The van der Waals surface area contributed by atoms with Crippen LogP contribution in [0.3, 0.4) is 0 Å². The maximum atomic E-state index is 13.0. The van der Waals surface area contributed by atoms with E-state index in [0.717, 1.165) is 31.3 Å². The van der Waals surface area contributed by atoms with Crippen LogP contribution in [0.2, 0.25) is 5.02 Å². The molecule has 0 bridgehead atoms. The highest BCUT2D eigenvalue weighted by atomic mass is 35.5. The number of amides is 1. The van der Waals surface area contributed by atoms with Crippen LogP contribution in [-0.4, -0.2) is 43.5 Å².